The Bertz CT molecular complexity index is 663. The number of hydrogen-bond acceptors (Lipinski definition) is 3. The van der Waals surface area contributed by atoms with Gasteiger partial charge in [-0.3, -0.25) is 9.69 Å². The Hall–Kier alpha value is -2.14. The molecule has 128 valence electrons. The molecule has 0 saturated carbocycles. The van der Waals surface area contributed by atoms with E-state index in [4.69, 9.17) is 0 Å². The van der Waals surface area contributed by atoms with Gasteiger partial charge in [-0.05, 0) is 44.5 Å². The molecule has 0 bridgehead atoms. The summed E-state index contributed by atoms with van der Waals surface area (Å²) in [6.07, 6.45) is 6.47. The molecular weight excluding hydrogens is 300 g/mol. The molecule has 1 aliphatic rings. The van der Waals surface area contributed by atoms with Crippen molar-refractivity contribution in [2.45, 2.75) is 39.3 Å². The van der Waals surface area contributed by atoms with E-state index in [2.05, 4.69) is 30.7 Å². The Morgan fingerprint density at radius 2 is 2.00 bits per heavy atom. The fourth-order valence-corrected chi connectivity index (χ4v) is 3.47. The van der Waals surface area contributed by atoms with E-state index in [1.54, 1.807) is 12.5 Å². The van der Waals surface area contributed by atoms with Crippen LogP contribution in [0.4, 0.5) is 0 Å². The minimum atomic E-state index is 0.133. The molecule has 0 unspecified atom stereocenters. The van der Waals surface area contributed by atoms with Gasteiger partial charge < -0.3 is 9.47 Å². The van der Waals surface area contributed by atoms with E-state index in [0.717, 1.165) is 37.3 Å². The molecule has 2 heterocycles. The lowest BCUT2D eigenvalue weighted by Gasteiger charge is -2.43. The number of piperazine rings is 1. The smallest absolute Gasteiger partial charge is 0.253 e. The molecule has 1 aromatic heterocycles. The van der Waals surface area contributed by atoms with Crippen molar-refractivity contribution >= 4 is 5.91 Å². The molecule has 1 atom stereocenters. The van der Waals surface area contributed by atoms with Crippen LogP contribution in [-0.4, -0.2) is 57.0 Å². The Kier molecular flexibility index (Phi) is 5.00. The maximum Gasteiger partial charge on any atom is 0.253 e. The van der Waals surface area contributed by atoms with Crippen LogP contribution >= 0.6 is 0 Å². The summed E-state index contributed by atoms with van der Waals surface area (Å²) >= 11 is 0. The summed E-state index contributed by atoms with van der Waals surface area (Å²) < 4.78 is 1.93. The highest BCUT2D eigenvalue weighted by Gasteiger charge is 2.30. The van der Waals surface area contributed by atoms with Crippen LogP contribution in [0.15, 0.2) is 43.0 Å². The molecule has 0 radical (unpaired) electrons. The van der Waals surface area contributed by atoms with Crippen LogP contribution < -0.4 is 0 Å². The molecule has 0 N–H and O–H groups in total. The van der Waals surface area contributed by atoms with Crippen LogP contribution in [-0.2, 0) is 0 Å². The highest BCUT2D eigenvalue weighted by molar-refractivity contribution is 5.94. The molecule has 5 heteroatoms. The van der Waals surface area contributed by atoms with E-state index in [9.17, 15) is 4.79 Å². The summed E-state index contributed by atoms with van der Waals surface area (Å²) in [5, 5.41) is 0. The first-order valence-electron chi connectivity index (χ1n) is 8.73. The van der Waals surface area contributed by atoms with Crippen molar-refractivity contribution in [3.63, 3.8) is 0 Å². The van der Waals surface area contributed by atoms with Gasteiger partial charge in [-0.1, -0.05) is 6.92 Å². The van der Waals surface area contributed by atoms with Crippen LogP contribution in [0.25, 0.3) is 5.69 Å². The summed E-state index contributed by atoms with van der Waals surface area (Å²) in [6, 6.07) is 8.74. The summed E-state index contributed by atoms with van der Waals surface area (Å²) in [5.74, 6) is 0.133. The molecule has 3 rings (SSSR count). The summed E-state index contributed by atoms with van der Waals surface area (Å²) in [4.78, 5) is 21.4. The molecule has 5 nitrogen and oxygen atoms in total. The highest BCUT2D eigenvalue weighted by Crippen LogP contribution is 2.18. The van der Waals surface area contributed by atoms with Gasteiger partial charge in [0, 0.05) is 55.4 Å². The van der Waals surface area contributed by atoms with Crippen LogP contribution in [0, 0.1) is 0 Å². The van der Waals surface area contributed by atoms with Gasteiger partial charge in [0.1, 0.15) is 0 Å². The van der Waals surface area contributed by atoms with E-state index in [1.807, 2.05) is 39.9 Å². The van der Waals surface area contributed by atoms with E-state index in [-0.39, 0.29) is 5.91 Å². The number of carbonyl (C=O) groups is 1. The predicted molar refractivity (Wildman–Crippen MR) is 95.4 cm³/mol. The largest absolute Gasteiger partial charge is 0.336 e. The topological polar surface area (TPSA) is 41.4 Å². The second kappa shape index (κ2) is 7.18. The van der Waals surface area contributed by atoms with E-state index in [1.165, 1.54) is 0 Å². The van der Waals surface area contributed by atoms with Crippen molar-refractivity contribution in [2.75, 3.05) is 19.6 Å². The number of nitrogens with zero attached hydrogens (tertiary/aromatic N) is 4. The molecule has 1 amide bonds. The van der Waals surface area contributed by atoms with Crippen LogP contribution in [0.2, 0.25) is 0 Å². The van der Waals surface area contributed by atoms with Gasteiger partial charge in [0.25, 0.3) is 5.91 Å². The minimum absolute atomic E-state index is 0.133. The van der Waals surface area contributed by atoms with Gasteiger partial charge >= 0.3 is 0 Å². The predicted octanol–water partition coefficient (Wildman–Crippen LogP) is 2.82. The van der Waals surface area contributed by atoms with E-state index < -0.39 is 0 Å². The molecular formula is C19H26N4O. The van der Waals surface area contributed by atoms with Gasteiger partial charge in [0.05, 0.1) is 6.33 Å². The SMILES string of the molecule is CC[C@@H]1CN(C(=O)c2ccc(-n3ccnc3)cc2)CCN1C(C)C. The lowest BCUT2D eigenvalue weighted by atomic mass is 10.1. The second-order valence-corrected chi connectivity index (χ2v) is 6.66. The first kappa shape index (κ1) is 16.7. The summed E-state index contributed by atoms with van der Waals surface area (Å²) in [5.41, 5.74) is 1.77. The van der Waals surface area contributed by atoms with E-state index in [0.29, 0.717) is 12.1 Å². The number of aromatic nitrogens is 2. The van der Waals surface area contributed by atoms with Crippen molar-refractivity contribution in [1.82, 2.24) is 19.4 Å². The van der Waals surface area contributed by atoms with Crippen LogP contribution in [0.5, 0.6) is 0 Å². The first-order valence-corrected chi connectivity index (χ1v) is 8.73. The van der Waals surface area contributed by atoms with Crippen molar-refractivity contribution < 1.29 is 4.79 Å². The third-order valence-electron chi connectivity index (χ3n) is 4.87. The monoisotopic (exact) mass is 326 g/mol. The number of benzene rings is 1. The number of rotatable bonds is 4. The standard InChI is InChI=1S/C19H26N4O/c1-4-17-13-21(11-12-23(17)15(2)3)19(24)16-5-7-18(8-6-16)22-10-9-20-14-22/h5-10,14-15,17H,4,11-13H2,1-3H3/t17-/m1/s1. The maximum absolute atomic E-state index is 12.8. The zero-order valence-electron chi connectivity index (χ0n) is 14.7. The number of carbonyl (C=O) groups excluding carboxylic acids is 1. The van der Waals surface area contributed by atoms with Gasteiger partial charge in [-0.15, -0.1) is 0 Å². The zero-order valence-corrected chi connectivity index (χ0v) is 14.7. The Labute approximate surface area is 143 Å². The van der Waals surface area contributed by atoms with Crippen molar-refractivity contribution in [2.24, 2.45) is 0 Å². The molecule has 1 aromatic carbocycles. The van der Waals surface area contributed by atoms with Gasteiger partial charge in [0.2, 0.25) is 0 Å². The second-order valence-electron chi connectivity index (χ2n) is 6.66. The maximum atomic E-state index is 12.8. The Morgan fingerprint density at radius 1 is 1.25 bits per heavy atom. The molecule has 1 aliphatic heterocycles. The Morgan fingerprint density at radius 3 is 2.58 bits per heavy atom. The van der Waals surface area contributed by atoms with Crippen LogP contribution in [0.3, 0.4) is 0 Å². The summed E-state index contributed by atoms with van der Waals surface area (Å²) in [7, 11) is 0. The molecule has 1 saturated heterocycles. The molecule has 0 spiro atoms. The van der Waals surface area contributed by atoms with Crippen molar-refractivity contribution in [3.05, 3.63) is 48.5 Å². The third kappa shape index (κ3) is 3.36. The normalized spacial score (nSPS) is 19.0. The summed E-state index contributed by atoms with van der Waals surface area (Å²) in [6.45, 7) is 9.24. The van der Waals surface area contributed by atoms with Crippen molar-refractivity contribution in [3.8, 4) is 5.69 Å². The van der Waals surface area contributed by atoms with Crippen molar-refractivity contribution in [1.29, 1.82) is 0 Å². The average Bonchev–Trinajstić information content (AvgIpc) is 3.15. The third-order valence-corrected chi connectivity index (χ3v) is 4.87. The highest BCUT2D eigenvalue weighted by atomic mass is 16.2. The fraction of sp³-hybridized carbons (Fsp3) is 0.474. The molecule has 0 aliphatic carbocycles. The van der Waals surface area contributed by atoms with E-state index >= 15 is 0 Å². The average molecular weight is 326 g/mol. The van der Waals surface area contributed by atoms with Crippen LogP contribution in [0.1, 0.15) is 37.6 Å². The fourth-order valence-electron chi connectivity index (χ4n) is 3.47. The lowest BCUT2D eigenvalue weighted by molar-refractivity contribution is 0.0371. The molecule has 1 fully saturated rings. The van der Waals surface area contributed by atoms with Gasteiger partial charge in [-0.25, -0.2) is 4.98 Å². The quantitative estimate of drug-likeness (QED) is 0.867. The number of imidazole rings is 1. The number of hydrogen-bond donors (Lipinski definition) is 0. The minimum Gasteiger partial charge on any atom is -0.336 e. The van der Waals surface area contributed by atoms with Gasteiger partial charge in [-0.2, -0.15) is 0 Å². The zero-order chi connectivity index (χ0) is 17.1. The molecule has 24 heavy (non-hydrogen) atoms. The Balaban J connectivity index is 1.70. The first-order chi connectivity index (χ1) is 11.6. The lowest BCUT2D eigenvalue weighted by Crippen LogP contribution is -2.56. The number of amides is 1. The van der Waals surface area contributed by atoms with Gasteiger partial charge in [0.15, 0.2) is 0 Å². The molecule has 2 aromatic rings.